The SMILES string of the molecule is Cc1ccc(-c2nnc(SCC(=O)N[C@H](CC(C)C)c3ccccc3)n2N)cc1. The predicted octanol–water partition coefficient (Wildman–Crippen LogP) is 3.96. The van der Waals surface area contributed by atoms with E-state index in [0.29, 0.717) is 16.9 Å². The average Bonchev–Trinajstić information content (AvgIpc) is 3.07. The molecule has 7 heteroatoms. The van der Waals surface area contributed by atoms with E-state index in [2.05, 4.69) is 29.4 Å². The number of nitrogens with one attached hydrogen (secondary N) is 1. The van der Waals surface area contributed by atoms with Crippen LogP contribution >= 0.6 is 11.8 Å². The number of nitrogens with zero attached hydrogens (tertiary/aromatic N) is 3. The number of nitrogens with two attached hydrogens (primary N) is 1. The van der Waals surface area contributed by atoms with Crippen LogP contribution in [0, 0.1) is 12.8 Å². The second kappa shape index (κ2) is 9.60. The monoisotopic (exact) mass is 409 g/mol. The number of thioether (sulfide) groups is 1. The fourth-order valence-corrected chi connectivity index (χ4v) is 3.74. The minimum absolute atomic E-state index is 0.0110. The zero-order valence-electron chi connectivity index (χ0n) is 17.0. The summed E-state index contributed by atoms with van der Waals surface area (Å²) in [6, 6.07) is 18.0. The van der Waals surface area contributed by atoms with Gasteiger partial charge in [-0.2, -0.15) is 0 Å². The minimum Gasteiger partial charge on any atom is -0.349 e. The first-order valence-corrected chi connectivity index (χ1v) is 10.7. The standard InChI is InChI=1S/C22H27N5OS/c1-15(2)13-19(17-7-5-4-6-8-17)24-20(28)14-29-22-26-25-21(27(22)23)18-11-9-16(3)10-12-18/h4-12,15,19H,13-14,23H2,1-3H3,(H,24,28)/t19-/m1/s1. The number of rotatable bonds is 8. The van der Waals surface area contributed by atoms with Gasteiger partial charge in [-0.25, -0.2) is 4.68 Å². The number of aryl methyl sites for hydroxylation is 1. The highest BCUT2D eigenvalue weighted by molar-refractivity contribution is 7.99. The van der Waals surface area contributed by atoms with Crippen LogP contribution < -0.4 is 11.2 Å². The molecule has 0 radical (unpaired) electrons. The van der Waals surface area contributed by atoms with Crippen LogP contribution in [-0.4, -0.2) is 26.5 Å². The first-order chi connectivity index (χ1) is 13.9. The lowest BCUT2D eigenvalue weighted by Gasteiger charge is -2.21. The van der Waals surface area contributed by atoms with E-state index in [1.165, 1.54) is 16.4 Å². The van der Waals surface area contributed by atoms with Crippen LogP contribution in [0.3, 0.4) is 0 Å². The first kappa shape index (κ1) is 20.9. The molecule has 0 fully saturated rings. The van der Waals surface area contributed by atoms with Gasteiger partial charge in [0.25, 0.3) is 0 Å². The largest absolute Gasteiger partial charge is 0.349 e. The van der Waals surface area contributed by atoms with E-state index in [1.54, 1.807) is 0 Å². The van der Waals surface area contributed by atoms with Crippen molar-refractivity contribution in [2.24, 2.45) is 5.92 Å². The fourth-order valence-electron chi connectivity index (χ4n) is 3.08. The lowest BCUT2D eigenvalue weighted by atomic mass is 9.97. The number of carbonyl (C=O) groups is 1. The van der Waals surface area contributed by atoms with Crippen LogP contribution in [0.15, 0.2) is 59.8 Å². The molecule has 2 aromatic carbocycles. The van der Waals surface area contributed by atoms with Gasteiger partial charge in [0, 0.05) is 5.56 Å². The fraction of sp³-hybridized carbons (Fsp3) is 0.318. The smallest absolute Gasteiger partial charge is 0.230 e. The summed E-state index contributed by atoms with van der Waals surface area (Å²) < 4.78 is 1.44. The van der Waals surface area contributed by atoms with E-state index in [4.69, 9.17) is 5.84 Å². The molecule has 0 bridgehead atoms. The van der Waals surface area contributed by atoms with Gasteiger partial charge in [0.1, 0.15) is 0 Å². The molecular formula is C22H27N5OS. The summed E-state index contributed by atoms with van der Waals surface area (Å²) in [5, 5.41) is 12.0. The molecule has 152 valence electrons. The van der Waals surface area contributed by atoms with Crippen molar-refractivity contribution in [2.75, 3.05) is 11.6 Å². The maximum absolute atomic E-state index is 12.6. The average molecular weight is 410 g/mol. The number of hydrogen-bond acceptors (Lipinski definition) is 5. The van der Waals surface area contributed by atoms with Crippen LogP contribution in [-0.2, 0) is 4.79 Å². The van der Waals surface area contributed by atoms with Gasteiger partial charge in [0.15, 0.2) is 5.82 Å². The highest BCUT2D eigenvalue weighted by atomic mass is 32.2. The van der Waals surface area contributed by atoms with E-state index in [1.807, 2.05) is 61.5 Å². The zero-order valence-corrected chi connectivity index (χ0v) is 17.8. The van der Waals surface area contributed by atoms with Crippen molar-refractivity contribution in [1.29, 1.82) is 0 Å². The Morgan fingerprint density at radius 1 is 1.10 bits per heavy atom. The molecule has 0 aliphatic rings. The lowest BCUT2D eigenvalue weighted by Crippen LogP contribution is -2.31. The van der Waals surface area contributed by atoms with Gasteiger partial charge >= 0.3 is 0 Å². The number of amides is 1. The zero-order chi connectivity index (χ0) is 20.8. The van der Waals surface area contributed by atoms with Gasteiger partial charge in [0.05, 0.1) is 11.8 Å². The van der Waals surface area contributed by atoms with Crippen LogP contribution in [0.5, 0.6) is 0 Å². The molecule has 29 heavy (non-hydrogen) atoms. The molecule has 0 saturated carbocycles. The van der Waals surface area contributed by atoms with Crippen molar-refractivity contribution < 1.29 is 4.79 Å². The summed E-state index contributed by atoms with van der Waals surface area (Å²) in [6.07, 6.45) is 0.880. The predicted molar refractivity (Wildman–Crippen MR) is 118 cm³/mol. The van der Waals surface area contributed by atoms with Crippen LogP contribution in [0.1, 0.15) is 37.4 Å². The quantitative estimate of drug-likeness (QED) is 0.434. The molecule has 6 nitrogen and oxygen atoms in total. The molecule has 0 spiro atoms. The number of aromatic nitrogens is 3. The second-order valence-corrected chi connectivity index (χ2v) is 8.43. The van der Waals surface area contributed by atoms with Crippen LogP contribution in [0.25, 0.3) is 11.4 Å². The highest BCUT2D eigenvalue weighted by Gasteiger charge is 2.18. The Kier molecular flexibility index (Phi) is 6.93. The third-order valence-electron chi connectivity index (χ3n) is 4.55. The first-order valence-electron chi connectivity index (χ1n) is 9.68. The van der Waals surface area contributed by atoms with Crippen molar-refractivity contribution in [1.82, 2.24) is 20.2 Å². The maximum atomic E-state index is 12.6. The molecule has 3 aromatic rings. The Hall–Kier alpha value is -2.80. The van der Waals surface area contributed by atoms with Crippen molar-refractivity contribution in [2.45, 2.75) is 38.4 Å². The Morgan fingerprint density at radius 3 is 2.45 bits per heavy atom. The molecule has 1 amide bonds. The Labute approximate surface area is 175 Å². The van der Waals surface area contributed by atoms with Crippen molar-refractivity contribution in [3.63, 3.8) is 0 Å². The lowest BCUT2D eigenvalue weighted by molar-refractivity contribution is -0.119. The van der Waals surface area contributed by atoms with E-state index in [9.17, 15) is 4.79 Å². The minimum atomic E-state index is -0.0515. The van der Waals surface area contributed by atoms with Gasteiger partial charge in [-0.1, -0.05) is 85.8 Å². The molecular weight excluding hydrogens is 382 g/mol. The van der Waals surface area contributed by atoms with Crippen LogP contribution in [0.2, 0.25) is 0 Å². The van der Waals surface area contributed by atoms with Gasteiger partial charge in [-0.3, -0.25) is 4.79 Å². The van der Waals surface area contributed by atoms with Crippen molar-refractivity contribution in [3.05, 3.63) is 65.7 Å². The summed E-state index contributed by atoms with van der Waals surface area (Å²) in [7, 11) is 0. The number of carbonyl (C=O) groups excluding carboxylic acids is 1. The molecule has 3 N–H and O–H groups in total. The molecule has 0 saturated heterocycles. The van der Waals surface area contributed by atoms with E-state index in [0.717, 1.165) is 23.1 Å². The third kappa shape index (κ3) is 5.60. The molecule has 1 atom stereocenters. The van der Waals surface area contributed by atoms with E-state index in [-0.39, 0.29) is 17.7 Å². The topological polar surface area (TPSA) is 85.8 Å². The number of benzene rings is 2. The molecule has 0 aliphatic carbocycles. The van der Waals surface area contributed by atoms with Crippen LogP contribution in [0.4, 0.5) is 0 Å². The van der Waals surface area contributed by atoms with Crippen molar-refractivity contribution >= 4 is 17.7 Å². The van der Waals surface area contributed by atoms with Gasteiger partial charge in [-0.15, -0.1) is 10.2 Å². The Balaban J connectivity index is 1.63. The molecule has 1 aromatic heterocycles. The Morgan fingerprint density at radius 2 is 1.79 bits per heavy atom. The maximum Gasteiger partial charge on any atom is 0.230 e. The van der Waals surface area contributed by atoms with E-state index < -0.39 is 0 Å². The van der Waals surface area contributed by atoms with Crippen molar-refractivity contribution in [3.8, 4) is 11.4 Å². The van der Waals surface area contributed by atoms with E-state index >= 15 is 0 Å². The van der Waals surface area contributed by atoms with Gasteiger partial charge in [0.2, 0.25) is 11.1 Å². The highest BCUT2D eigenvalue weighted by Crippen LogP contribution is 2.24. The number of nitrogen functional groups attached to an aromatic ring is 1. The summed E-state index contributed by atoms with van der Waals surface area (Å²) in [5.74, 6) is 7.38. The molecule has 3 rings (SSSR count). The summed E-state index contributed by atoms with van der Waals surface area (Å²) in [4.78, 5) is 12.6. The summed E-state index contributed by atoms with van der Waals surface area (Å²) in [5.41, 5.74) is 3.17. The van der Waals surface area contributed by atoms with Gasteiger partial charge in [-0.05, 0) is 24.8 Å². The second-order valence-electron chi connectivity index (χ2n) is 7.49. The molecule has 1 heterocycles. The molecule has 0 unspecified atom stereocenters. The normalized spacial score (nSPS) is 12.1. The third-order valence-corrected chi connectivity index (χ3v) is 5.49. The molecule has 0 aliphatic heterocycles. The summed E-state index contributed by atoms with van der Waals surface area (Å²) >= 11 is 1.28. The number of hydrogen-bond donors (Lipinski definition) is 2. The van der Waals surface area contributed by atoms with Gasteiger partial charge < -0.3 is 11.2 Å². The Bertz CT molecular complexity index is 938. The summed E-state index contributed by atoms with van der Waals surface area (Å²) in [6.45, 7) is 6.33.